The predicted molar refractivity (Wildman–Crippen MR) is 78.8 cm³/mol. The lowest BCUT2D eigenvalue weighted by Crippen LogP contribution is -2.38. The van der Waals surface area contributed by atoms with Gasteiger partial charge in [-0.1, -0.05) is 6.07 Å². The largest absolute Gasteiger partial charge is 0.342 e. The summed E-state index contributed by atoms with van der Waals surface area (Å²) in [6.45, 7) is 2.30. The van der Waals surface area contributed by atoms with Crippen LogP contribution in [0, 0.1) is 17.0 Å². The maximum Gasteiger partial charge on any atom is 0.273 e. The summed E-state index contributed by atoms with van der Waals surface area (Å²) in [5.74, 6) is -0.288. The highest BCUT2D eigenvalue weighted by Gasteiger charge is 2.25. The molecule has 0 unspecified atom stereocenters. The number of hydrogen-bond donors (Lipinski definition) is 1. The third kappa shape index (κ3) is 3.42. The first kappa shape index (κ1) is 16.4. The molecule has 2 rings (SSSR count). The van der Waals surface area contributed by atoms with Gasteiger partial charge >= 0.3 is 0 Å². The minimum absolute atomic E-state index is 0.0496. The Morgan fingerprint density at radius 1 is 1.36 bits per heavy atom. The SMILES string of the molecule is Cc1c([N+](=O)[O-])cccc1S(=O)(=O)NCC(=O)N1CCCC1. The van der Waals surface area contributed by atoms with E-state index in [2.05, 4.69) is 4.72 Å². The molecule has 0 aromatic heterocycles. The van der Waals surface area contributed by atoms with Crippen molar-refractivity contribution in [3.8, 4) is 0 Å². The van der Waals surface area contributed by atoms with Gasteiger partial charge in [0, 0.05) is 24.7 Å². The van der Waals surface area contributed by atoms with Gasteiger partial charge in [-0.2, -0.15) is 0 Å². The van der Waals surface area contributed by atoms with Crippen LogP contribution in [0.1, 0.15) is 18.4 Å². The Hall–Kier alpha value is -2.00. The summed E-state index contributed by atoms with van der Waals surface area (Å²) in [4.78, 5) is 23.5. The lowest BCUT2D eigenvalue weighted by Gasteiger charge is -2.16. The quantitative estimate of drug-likeness (QED) is 0.635. The molecule has 1 saturated heterocycles. The van der Waals surface area contributed by atoms with E-state index < -0.39 is 14.9 Å². The number of amides is 1. The number of nitro groups is 1. The number of hydrogen-bond acceptors (Lipinski definition) is 5. The van der Waals surface area contributed by atoms with Gasteiger partial charge in [-0.15, -0.1) is 0 Å². The number of rotatable bonds is 5. The topological polar surface area (TPSA) is 110 Å². The minimum Gasteiger partial charge on any atom is -0.342 e. The first-order chi connectivity index (χ1) is 10.3. The summed E-state index contributed by atoms with van der Waals surface area (Å²) in [6.07, 6.45) is 1.84. The van der Waals surface area contributed by atoms with Gasteiger partial charge in [-0.25, -0.2) is 13.1 Å². The molecule has 0 spiro atoms. The van der Waals surface area contributed by atoms with E-state index in [4.69, 9.17) is 0 Å². The fourth-order valence-electron chi connectivity index (χ4n) is 2.40. The van der Waals surface area contributed by atoms with Gasteiger partial charge in [0.05, 0.1) is 16.4 Å². The molecule has 1 heterocycles. The van der Waals surface area contributed by atoms with Gasteiger partial charge in [0.2, 0.25) is 15.9 Å². The molecule has 1 N–H and O–H groups in total. The summed E-state index contributed by atoms with van der Waals surface area (Å²) in [6, 6.07) is 3.83. The normalized spacial score (nSPS) is 15.0. The average Bonchev–Trinajstić information content (AvgIpc) is 2.98. The fraction of sp³-hybridized carbons (Fsp3) is 0.462. The molecule has 1 fully saturated rings. The molecule has 120 valence electrons. The van der Waals surface area contributed by atoms with Gasteiger partial charge in [-0.05, 0) is 25.8 Å². The highest BCUT2D eigenvalue weighted by atomic mass is 32.2. The molecule has 1 amide bonds. The molecule has 8 nitrogen and oxygen atoms in total. The second kappa shape index (κ2) is 6.41. The first-order valence-electron chi connectivity index (χ1n) is 6.84. The summed E-state index contributed by atoms with van der Waals surface area (Å²) in [5, 5.41) is 10.9. The summed E-state index contributed by atoms with van der Waals surface area (Å²) in [5.41, 5.74) is -0.220. The number of likely N-dealkylation sites (tertiary alicyclic amines) is 1. The van der Waals surface area contributed by atoms with Crippen LogP contribution >= 0.6 is 0 Å². The number of carbonyl (C=O) groups is 1. The van der Waals surface area contributed by atoms with Crippen LogP contribution in [0.3, 0.4) is 0 Å². The van der Waals surface area contributed by atoms with Gasteiger partial charge in [0.15, 0.2) is 0 Å². The Balaban J connectivity index is 2.15. The number of nitro benzene ring substituents is 1. The summed E-state index contributed by atoms with van der Waals surface area (Å²) >= 11 is 0. The second-order valence-electron chi connectivity index (χ2n) is 5.07. The van der Waals surface area contributed by atoms with Crippen molar-refractivity contribution in [1.82, 2.24) is 9.62 Å². The van der Waals surface area contributed by atoms with E-state index in [1.165, 1.54) is 25.1 Å². The molecule has 1 aromatic carbocycles. The molecule has 1 aliphatic heterocycles. The zero-order chi connectivity index (χ0) is 16.3. The maximum absolute atomic E-state index is 12.2. The predicted octanol–water partition coefficient (Wildman–Crippen LogP) is 0.804. The van der Waals surface area contributed by atoms with Crippen LogP contribution in [0.15, 0.2) is 23.1 Å². The number of sulfonamides is 1. The van der Waals surface area contributed by atoms with Gasteiger partial charge in [0.25, 0.3) is 5.69 Å². The van der Waals surface area contributed by atoms with Crippen molar-refractivity contribution < 1.29 is 18.1 Å². The molecule has 0 saturated carbocycles. The smallest absolute Gasteiger partial charge is 0.273 e. The lowest BCUT2D eigenvalue weighted by atomic mass is 10.2. The van der Waals surface area contributed by atoms with Crippen molar-refractivity contribution in [1.29, 1.82) is 0 Å². The van der Waals surface area contributed by atoms with Crippen molar-refractivity contribution in [2.24, 2.45) is 0 Å². The molecule has 0 bridgehead atoms. The van der Waals surface area contributed by atoms with Crippen molar-refractivity contribution in [3.05, 3.63) is 33.9 Å². The fourth-order valence-corrected chi connectivity index (χ4v) is 3.64. The van der Waals surface area contributed by atoms with E-state index in [9.17, 15) is 23.3 Å². The average molecular weight is 327 g/mol. The van der Waals surface area contributed by atoms with Crippen molar-refractivity contribution in [2.75, 3.05) is 19.6 Å². The van der Waals surface area contributed by atoms with Gasteiger partial charge < -0.3 is 4.90 Å². The molecular weight excluding hydrogens is 310 g/mol. The number of nitrogens with one attached hydrogen (secondary N) is 1. The molecule has 1 aliphatic rings. The molecular formula is C13H17N3O5S. The van der Waals surface area contributed by atoms with Crippen LogP contribution in [-0.2, 0) is 14.8 Å². The van der Waals surface area contributed by atoms with E-state index in [1.54, 1.807) is 4.90 Å². The summed E-state index contributed by atoms with van der Waals surface area (Å²) < 4.78 is 26.7. The van der Waals surface area contributed by atoms with Crippen molar-refractivity contribution >= 4 is 21.6 Å². The van der Waals surface area contributed by atoms with E-state index >= 15 is 0 Å². The highest BCUT2D eigenvalue weighted by Crippen LogP contribution is 2.24. The minimum atomic E-state index is -3.97. The Morgan fingerprint density at radius 3 is 2.59 bits per heavy atom. The number of nitrogens with zero attached hydrogens (tertiary/aromatic N) is 2. The van der Waals surface area contributed by atoms with E-state index in [-0.39, 0.29) is 28.6 Å². The van der Waals surface area contributed by atoms with E-state index in [1.807, 2.05) is 0 Å². The van der Waals surface area contributed by atoms with Crippen LogP contribution < -0.4 is 4.72 Å². The molecule has 9 heteroatoms. The molecule has 1 aromatic rings. The zero-order valence-corrected chi connectivity index (χ0v) is 12.9. The maximum atomic E-state index is 12.2. The summed E-state index contributed by atoms with van der Waals surface area (Å²) in [7, 11) is -3.97. The monoisotopic (exact) mass is 327 g/mol. The zero-order valence-electron chi connectivity index (χ0n) is 12.1. The van der Waals surface area contributed by atoms with E-state index in [0.717, 1.165) is 12.8 Å². The molecule has 0 radical (unpaired) electrons. The van der Waals surface area contributed by atoms with Crippen LogP contribution in [0.4, 0.5) is 5.69 Å². The molecule has 0 aliphatic carbocycles. The molecule has 22 heavy (non-hydrogen) atoms. The van der Waals surface area contributed by atoms with Gasteiger partial charge in [0.1, 0.15) is 0 Å². The standard InChI is InChI=1S/C13H17N3O5S/c1-10-11(16(18)19)5-4-6-12(10)22(20,21)14-9-13(17)15-7-2-3-8-15/h4-6,14H,2-3,7-9H2,1H3. The van der Waals surface area contributed by atoms with Crippen LogP contribution in [-0.4, -0.2) is 43.8 Å². The van der Waals surface area contributed by atoms with Crippen molar-refractivity contribution in [3.63, 3.8) is 0 Å². The Morgan fingerprint density at radius 2 is 2.00 bits per heavy atom. The Kier molecular flexibility index (Phi) is 4.77. The van der Waals surface area contributed by atoms with Gasteiger partial charge in [-0.3, -0.25) is 14.9 Å². The Labute approximate surface area is 128 Å². The van der Waals surface area contributed by atoms with Crippen LogP contribution in [0.5, 0.6) is 0 Å². The van der Waals surface area contributed by atoms with Crippen LogP contribution in [0.2, 0.25) is 0 Å². The Bertz CT molecular complexity index is 696. The third-order valence-corrected chi connectivity index (χ3v) is 5.16. The molecule has 0 atom stereocenters. The highest BCUT2D eigenvalue weighted by molar-refractivity contribution is 7.89. The first-order valence-corrected chi connectivity index (χ1v) is 8.32. The van der Waals surface area contributed by atoms with Crippen molar-refractivity contribution in [2.45, 2.75) is 24.7 Å². The number of benzene rings is 1. The third-order valence-electron chi connectivity index (χ3n) is 3.61. The number of carbonyl (C=O) groups excluding carboxylic acids is 1. The lowest BCUT2D eigenvalue weighted by molar-refractivity contribution is -0.385. The van der Waals surface area contributed by atoms with E-state index in [0.29, 0.717) is 13.1 Å². The second-order valence-corrected chi connectivity index (χ2v) is 6.81. The van der Waals surface area contributed by atoms with Crippen LogP contribution in [0.25, 0.3) is 0 Å².